The van der Waals surface area contributed by atoms with Gasteiger partial charge in [-0.2, -0.15) is 0 Å². The van der Waals surface area contributed by atoms with Gasteiger partial charge in [-0.25, -0.2) is 9.37 Å². The number of fused-ring (bicyclic) bond motifs is 1. The summed E-state index contributed by atoms with van der Waals surface area (Å²) in [6, 6.07) is 17.7. The summed E-state index contributed by atoms with van der Waals surface area (Å²) < 4.78 is 21.8. The van der Waals surface area contributed by atoms with Crippen LogP contribution in [-0.4, -0.2) is 20.5 Å². The topological polar surface area (TPSA) is 63.8 Å². The lowest BCUT2D eigenvalue weighted by atomic mass is 9.96. The number of carboxylic acid groups (broad SMARTS) is 1. The molecular weight excluding hydrogens is 407 g/mol. The fraction of sp³-hybridized carbons (Fsp3) is 0.154. The number of halogens is 1. The molecular formula is C26H21FN2O3. The summed E-state index contributed by atoms with van der Waals surface area (Å²) in [7, 11) is 0. The van der Waals surface area contributed by atoms with Gasteiger partial charge in [0.2, 0.25) is 0 Å². The molecule has 1 atom stereocenters. The first-order valence-electron chi connectivity index (χ1n) is 10.1. The van der Waals surface area contributed by atoms with Crippen LogP contribution in [0, 0.1) is 17.7 Å². The summed E-state index contributed by atoms with van der Waals surface area (Å²) in [6.45, 7) is 2.04. The van der Waals surface area contributed by atoms with Gasteiger partial charge in [-0.05, 0) is 54.4 Å². The van der Waals surface area contributed by atoms with Crippen molar-refractivity contribution in [2.75, 3.05) is 0 Å². The molecule has 4 rings (SSSR count). The monoisotopic (exact) mass is 428 g/mol. The van der Waals surface area contributed by atoms with E-state index >= 15 is 0 Å². The molecule has 0 spiro atoms. The molecule has 0 radical (unpaired) electrons. The van der Waals surface area contributed by atoms with Crippen LogP contribution in [-0.2, 0) is 11.4 Å². The van der Waals surface area contributed by atoms with Crippen LogP contribution in [0.3, 0.4) is 0 Å². The second-order valence-electron chi connectivity index (χ2n) is 7.31. The zero-order valence-electron chi connectivity index (χ0n) is 17.5. The van der Waals surface area contributed by atoms with Crippen molar-refractivity contribution in [2.24, 2.45) is 0 Å². The van der Waals surface area contributed by atoms with E-state index in [4.69, 9.17) is 9.84 Å². The molecule has 0 aliphatic carbocycles. The molecule has 6 heteroatoms. The van der Waals surface area contributed by atoms with Gasteiger partial charge in [0.1, 0.15) is 23.8 Å². The predicted molar refractivity (Wildman–Crippen MR) is 120 cm³/mol. The Morgan fingerprint density at radius 3 is 2.69 bits per heavy atom. The van der Waals surface area contributed by atoms with E-state index in [1.165, 1.54) is 6.07 Å². The normalized spacial score (nSPS) is 11.6. The smallest absolute Gasteiger partial charge is 0.304 e. The SMILES string of the molecule is CC#CC(CC(=O)O)c1ccc(OCc2ccn3cc(-c4ccccc4F)nc3c2)cc1. The molecule has 2 aromatic heterocycles. The first-order chi connectivity index (χ1) is 15.5. The highest BCUT2D eigenvalue weighted by Gasteiger charge is 2.13. The second-order valence-corrected chi connectivity index (χ2v) is 7.31. The van der Waals surface area contributed by atoms with E-state index in [9.17, 15) is 9.18 Å². The average molecular weight is 428 g/mol. The zero-order valence-corrected chi connectivity index (χ0v) is 17.5. The first kappa shape index (κ1) is 21.1. The maximum Gasteiger partial charge on any atom is 0.304 e. The van der Waals surface area contributed by atoms with Crippen LogP contribution in [0.1, 0.15) is 30.4 Å². The lowest BCUT2D eigenvalue weighted by Crippen LogP contribution is -2.04. The maximum atomic E-state index is 14.1. The Labute approximate surface area is 185 Å². The molecule has 1 N–H and O–H groups in total. The summed E-state index contributed by atoms with van der Waals surface area (Å²) in [6.07, 6.45) is 3.62. The second kappa shape index (κ2) is 9.36. The van der Waals surface area contributed by atoms with Gasteiger partial charge in [0, 0.05) is 18.0 Å². The molecule has 4 aromatic rings. The molecule has 2 aromatic carbocycles. The molecule has 0 aliphatic heterocycles. The molecule has 0 amide bonds. The number of carboxylic acids is 1. The Hall–Kier alpha value is -4.11. The van der Waals surface area contributed by atoms with Crippen molar-refractivity contribution in [3.05, 3.63) is 90.0 Å². The zero-order chi connectivity index (χ0) is 22.5. The fourth-order valence-corrected chi connectivity index (χ4v) is 3.48. The van der Waals surface area contributed by atoms with Crippen LogP contribution >= 0.6 is 0 Å². The van der Waals surface area contributed by atoms with Gasteiger partial charge in [-0.3, -0.25) is 4.79 Å². The van der Waals surface area contributed by atoms with Crippen LogP contribution in [0.2, 0.25) is 0 Å². The molecule has 0 fully saturated rings. The number of hydrogen-bond acceptors (Lipinski definition) is 3. The van der Waals surface area contributed by atoms with Gasteiger partial charge >= 0.3 is 5.97 Å². The summed E-state index contributed by atoms with van der Waals surface area (Å²) in [5, 5.41) is 9.07. The Morgan fingerprint density at radius 1 is 1.19 bits per heavy atom. The largest absolute Gasteiger partial charge is 0.489 e. The molecule has 0 bridgehead atoms. The fourth-order valence-electron chi connectivity index (χ4n) is 3.48. The minimum atomic E-state index is -0.884. The molecule has 5 nitrogen and oxygen atoms in total. The molecule has 0 saturated heterocycles. The van der Waals surface area contributed by atoms with Crippen LogP contribution in [0.25, 0.3) is 16.9 Å². The van der Waals surface area contributed by atoms with E-state index in [1.807, 2.05) is 47.0 Å². The minimum Gasteiger partial charge on any atom is -0.489 e. The highest BCUT2D eigenvalue weighted by molar-refractivity contribution is 5.69. The first-order valence-corrected chi connectivity index (χ1v) is 10.1. The third-order valence-electron chi connectivity index (χ3n) is 5.06. The number of aromatic nitrogens is 2. The van der Waals surface area contributed by atoms with Crippen LogP contribution in [0.4, 0.5) is 4.39 Å². The predicted octanol–water partition coefficient (Wildman–Crippen LogP) is 5.30. The van der Waals surface area contributed by atoms with E-state index in [-0.39, 0.29) is 18.2 Å². The molecule has 2 heterocycles. The van der Waals surface area contributed by atoms with Crippen molar-refractivity contribution >= 4 is 11.6 Å². The number of pyridine rings is 1. The summed E-state index contributed by atoms with van der Waals surface area (Å²) >= 11 is 0. The highest BCUT2D eigenvalue weighted by atomic mass is 19.1. The lowest BCUT2D eigenvalue weighted by Gasteiger charge is -2.11. The van der Waals surface area contributed by atoms with E-state index in [2.05, 4.69) is 16.8 Å². The van der Waals surface area contributed by atoms with Gasteiger partial charge in [-0.1, -0.05) is 30.2 Å². The van der Waals surface area contributed by atoms with Gasteiger partial charge in [-0.15, -0.1) is 5.92 Å². The van der Waals surface area contributed by atoms with E-state index in [1.54, 1.807) is 31.3 Å². The molecule has 0 saturated carbocycles. The van der Waals surface area contributed by atoms with Crippen molar-refractivity contribution in [3.8, 4) is 28.8 Å². The summed E-state index contributed by atoms with van der Waals surface area (Å²) in [4.78, 5) is 15.6. The number of nitrogens with zero attached hydrogens (tertiary/aromatic N) is 2. The van der Waals surface area contributed by atoms with Gasteiger partial charge in [0.25, 0.3) is 0 Å². The van der Waals surface area contributed by atoms with Crippen LogP contribution in [0.15, 0.2) is 73.1 Å². The number of aliphatic carboxylic acids is 1. The van der Waals surface area contributed by atoms with Crippen molar-refractivity contribution in [1.82, 2.24) is 9.38 Å². The third-order valence-corrected chi connectivity index (χ3v) is 5.06. The Balaban J connectivity index is 1.46. The van der Waals surface area contributed by atoms with E-state index in [0.29, 0.717) is 29.3 Å². The average Bonchev–Trinajstić information content (AvgIpc) is 3.21. The summed E-state index contributed by atoms with van der Waals surface area (Å²) in [5.41, 5.74) is 3.50. The van der Waals surface area contributed by atoms with Crippen molar-refractivity contribution < 1.29 is 19.0 Å². The molecule has 0 aliphatic rings. The number of carbonyl (C=O) groups is 1. The van der Waals surface area contributed by atoms with E-state index in [0.717, 1.165) is 11.1 Å². The number of hydrogen-bond donors (Lipinski definition) is 1. The number of rotatable bonds is 7. The van der Waals surface area contributed by atoms with Gasteiger partial charge in [0.15, 0.2) is 0 Å². The molecule has 32 heavy (non-hydrogen) atoms. The lowest BCUT2D eigenvalue weighted by molar-refractivity contribution is -0.137. The summed E-state index contributed by atoms with van der Waals surface area (Å²) in [5.74, 6) is 4.86. The van der Waals surface area contributed by atoms with Crippen molar-refractivity contribution in [2.45, 2.75) is 25.9 Å². The maximum absolute atomic E-state index is 14.1. The minimum absolute atomic E-state index is 0.0414. The number of imidazole rings is 1. The standard InChI is InChI=1S/C26H21FN2O3/c1-2-5-20(15-26(30)31)19-8-10-21(11-9-19)32-17-18-12-13-29-16-24(28-25(29)14-18)22-6-3-4-7-23(22)27/h3-4,6-14,16,20H,15,17H2,1H3,(H,30,31). The van der Waals surface area contributed by atoms with Crippen molar-refractivity contribution in [3.63, 3.8) is 0 Å². The highest BCUT2D eigenvalue weighted by Crippen LogP contribution is 2.24. The Kier molecular flexibility index (Phi) is 6.18. The quantitative estimate of drug-likeness (QED) is 0.406. The number of ether oxygens (including phenoxy) is 1. The number of benzene rings is 2. The van der Waals surface area contributed by atoms with Crippen LogP contribution in [0.5, 0.6) is 5.75 Å². The Morgan fingerprint density at radius 2 is 1.97 bits per heavy atom. The van der Waals surface area contributed by atoms with Crippen LogP contribution < -0.4 is 4.74 Å². The molecule has 1 unspecified atom stereocenters. The Bertz CT molecular complexity index is 1320. The third kappa shape index (κ3) is 4.79. The van der Waals surface area contributed by atoms with E-state index < -0.39 is 5.97 Å². The van der Waals surface area contributed by atoms with Gasteiger partial charge in [0.05, 0.1) is 18.0 Å². The molecule has 160 valence electrons. The van der Waals surface area contributed by atoms with Crippen molar-refractivity contribution in [1.29, 1.82) is 0 Å². The van der Waals surface area contributed by atoms with Gasteiger partial charge < -0.3 is 14.2 Å².